The monoisotopic (exact) mass is 428 g/mol. The normalized spacial score (nSPS) is 11.4. The largest absolute Gasteiger partial charge is 0.467 e. The minimum atomic E-state index is -5.10. The van der Waals surface area contributed by atoms with Gasteiger partial charge in [0.2, 0.25) is 0 Å². The van der Waals surface area contributed by atoms with Crippen molar-refractivity contribution >= 4 is 5.78 Å². The van der Waals surface area contributed by atoms with Crippen LogP contribution in [0.1, 0.15) is 15.9 Å². The highest BCUT2D eigenvalue weighted by Gasteiger charge is 2.43. The number of carbonyl (C=O) groups excluding carboxylic acids is 1. The number of hydrogen-bond donors (Lipinski definition) is 0. The molecule has 30 heavy (non-hydrogen) atoms. The van der Waals surface area contributed by atoms with Gasteiger partial charge in [-0.25, -0.2) is 0 Å². The summed E-state index contributed by atoms with van der Waals surface area (Å²) in [6.45, 7) is -0.425. The van der Waals surface area contributed by atoms with E-state index in [0.717, 1.165) is 0 Å². The smallest absolute Gasteiger partial charge is 0.455 e. The minimum Gasteiger partial charge on any atom is -0.467 e. The molecular weight excluding hydrogens is 405 g/mol. The molecule has 0 aliphatic rings. The van der Waals surface area contributed by atoms with E-state index in [2.05, 4.69) is 0 Å². The Morgan fingerprint density at radius 2 is 1.50 bits per heavy atom. The third-order valence-electron chi connectivity index (χ3n) is 4.13. The van der Waals surface area contributed by atoms with Crippen LogP contribution in [0.2, 0.25) is 0 Å². The van der Waals surface area contributed by atoms with Crippen LogP contribution in [0.4, 0.5) is 13.2 Å². The summed E-state index contributed by atoms with van der Waals surface area (Å²) in [6.07, 6.45) is -5.08. The van der Waals surface area contributed by atoms with Crippen LogP contribution >= 0.6 is 0 Å². The first-order valence-electron chi connectivity index (χ1n) is 8.94. The third kappa shape index (κ3) is 5.71. The first-order valence-corrected chi connectivity index (χ1v) is 8.94. The number of benzene rings is 2. The fourth-order valence-corrected chi connectivity index (χ4v) is 2.92. The van der Waals surface area contributed by atoms with Crippen molar-refractivity contribution in [2.24, 2.45) is 0 Å². The Morgan fingerprint density at radius 1 is 0.900 bits per heavy atom. The number of ketones is 1. The summed E-state index contributed by atoms with van der Waals surface area (Å²) in [6, 6.07) is 9.90. The molecule has 9 heteroatoms. The van der Waals surface area contributed by atoms with Crippen LogP contribution in [-0.2, 0) is 20.6 Å². The molecule has 0 fully saturated rings. The maximum Gasteiger partial charge on any atom is 0.455 e. The van der Waals surface area contributed by atoms with Crippen molar-refractivity contribution in [3.05, 3.63) is 47.5 Å². The van der Waals surface area contributed by atoms with Crippen LogP contribution in [0.25, 0.3) is 11.1 Å². The number of halogens is 3. The first kappa shape index (κ1) is 23.7. The predicted octanol–water partition coefficient (Wildman–Crippen LogP) is 4.25. The lowest BCUT2D eigenvalue weighted by atomic mass is 9.89. The van der Waals surface area contributed by atoms with Gasteiger partial charge in [-0.3, -0.25) is 4.79 Å². The molecule has 2 aromatic rings. The van der Waals surface area contributed by atoms with Crippen LogP contribution in [0, 0.1) is 0 Å². The summed E-state index contributed by atoms with van der Waals surface area (Å²) in [4.78, 5) is 12.4. The first-order chi connectivity index (χ1) is 14.3. The Labute approximate surface area is 172 Å². The van der Waals surface area contributed by atoms with E-state index in [1.807, 2.05) is 0 Å². The lowest BCUT2D eigenvalue weighted by molar-refractivity contribution is -0.0888. The molecule has 0 radical (unpaired) electrons. The average molecular weight is 428 g/mol. The fourth-order valence-electron chi connectivity index (χ4n) is 2.92. The molecule has 0 spiro atoms. The van der Waals surface area contributed by atoms with Gasteiger partial charge in [-0.2, -0.15) is 13.2 Å². The van der Waals surface area contributed by atoms with E-state index in [-0.39, 0.29) is 43.7 Å². The molecule has 0 aliphatic carbocycles. The summed E-state index contributed by atoms with van der Waals surface area (Å²) in [7, 11) is 4.15. The number of methoxy groups -OCH3 is 3. The molecule has 6 nitrogen and oxygen atoms in total. The Kier molecular flexibility index (Phi) is 8.64. The van der Waals surface area contributed by atoms with Crippen LogP contribution < -0.4 is 9.47 Å². The Balaban J connectivity index is 2.85. The van der Waals surface area contributed by atoms with Gasteiger partial charge in [-0.05, 0) is 17.5 Å². The van der Waals surface area contributed by atoms with Crippen LogP contribution in [-0.4, -0.2) is 53.5 Å². The van der Waals surface area contributed by atoms with E-state index in [0.29, 0.717) is 11.1 Å². The van der Waals surface area contributed by atoms with Gasteiger partial charge in [0, 0.05) is 33.0 Å². The van der Waals surface area contributed by atoms with Gasteiger partial charge in [0.15, 0.2) is 13.6 Å². The fraction of sp³-hybridized carbons (Fsp3) is 0.381. The van der Waals surface area contributed by atoms with Gasteiger partial charge in [-0.1, -0.05) is 30.3 Å². The van der Waals surface area contributed by atoms with Crippen molar-refractivity contribution in [1.29, 1.82) is 0 Å². The van der Waals surface area contributed by atoms with Crippen LogP contribution in [0.15, 0.2) is 36.4 Å². The average Bonchev–Trinajstić information content (AvgIpc) is 2.73. The maximum atomic E-state index is 13.5. The van der Waals surface area contributed by atoms with Crippen molar-refractivity contribution < 1.29 is 41.7 Å². The zero-order valence-corrected chi connectivity index (χ0v) is 16.9. The molecule has 0 amide bonds. The summed E-state index contributed by atoms with van der Waals surface area (Å²) in [5, 5.41) is 0. The third-order valence-corrected chi connectivity index (χ3v) is 4.13. The van der Waals surface area contributed by atoms with E-state index in [4.69, 9.17) is 23.7 Å². The van der Waals surface area contributed by atoms with Crippen molar-refractivity contribution in [1.82, 2.24) is 0 Å². The molecule has 2 rings (SSSR count). The zero-order valence-electron chi connectivity index (χ0n) is 16.9. The van der Waals surface area contributed by atoms with Crippen molar-refractivity contribution in [2.75, 3.05) is 41.5 Å². The molecule has 0 saturated carbocycles. The van der Waals surface area contributed by atoms with E-state index in [1.165, 1.54) is 27.4 Å². The Morgan fingerprint density at radius 3 is 2.03 bits per heavy atom. The predicted molar refractivity (Wildman–Crippen MR) is 103 cm³/mol. The summed E-state index contributed by atoms with van der Waals surface area (Å²) < 4.78 is 66.2. The van der Waals surface area contributed by atoms with Gasteiger partial charge in [0.25, 0.3) is 5.78 Å². The summed E-state index contributed by atoms with van der Waals surface area (Å²) >= 11 is 0. The molecule has 0 aliphatic heterocycles. The topological polar surface area (TPSA) is 63.2 Å². The molecule has 0 heterocycles. The standard InChI is InChI=1S/C21H23F3O6/c1-26-10-9-15-18(14-7-5-4-6-8-14)16(29-12-27-2)11-17(30-13-28-3)19(15)20(25)21(22,23)24/h4-8,11H,9-10,12-13H2,1-3H3. The second-order valence-electron chi connectivity index (χ2n) is 6.14. The highest BCUT2D eigenvalue weighted by atomic mass is 19.4. The molecule has 0 N–H and O–H groups in total. The number of carbonyl (C=O) groups is 1. The van der Waals surface area contributed by atoms with Gasteiger partial charge in [-0.15, -0.1) is 0 Å². The second-order valence-corrected chi connectivity index (χ2v) is 6.14. The zero-order chi connectivity index (χ0) is 22.1. The highest BCUT2D eigenvalue weighted by Crippen LogP contribution is 2.43. The summed E-state index contributed by atoms with van der Waals surface area (Å²) in [5.41, 5.74) is 0.414. The quantitative estimate of drug-likeness (QED) is 0.394. The Bertz CT molecular complexity index is 837. The molecule has 0 saturated heterocycles. The van der Waals surface area contributed by atoms with E-state index < -0.39 is 17.5 Å². The lowest BCUT2D eigenvalue weighted by Crippen LogP contribution is -2.26. The minimum absolute atomic E-state index is 0.0193. The lowest BCUT2D eigenvalue weighted by Gasteiger charge is -2.22. The van der Waals surface area contributed by atoms with Gasteiger partial charge in [0.05, 0.1) is 12.2 Å². The highest BCUT2D eigenvalue weighted by molar-refractivity contribution is 6.06. The van der Waals surface area contributed by atoms with Crippen LogP contribution in [0.5, 0.6) is 11.5 Å². The molecule has 0 unspecified atom stereocenters. The van der Waals surface area contributed by atoms with Crippen molar-refractivity contribution in [3.63, 3.8) is 0 Å². The molecule has 164 valence electrons. The van der Waals surface area contributed by atoms with Crippen molar-refractivity contribution in [3.8, 4) is 22.6 Å². The number of alkyl halides is 3. The molecular formula is C21H23F3O6. The van der Waals surface area contributed by atoms with E-state index >= 15 is 0 Å². The molecule has 0 aromatic heterocycles. The molecule has 0 bridgehead atoms. The molecule has 0 atom stereocenters. The second kappa shape index (κ2) is 11.0. The number of Topliss-reactive ketones (excluding diaryl/α,β-unsaturated/α-hetero) is 1. The van der Waals surface area contributed by atoms with Crippen molar-refractivity contribution in [2.45, 2.75) is 12.6 Å². The van der Waals surface area contributed by atoms with E-state index in [1.54, 1.807) is 30.3 Å². The Hall–Kier alpha value is -2.62. The number of hydrogen-bond acceptors (Lipinski definition) is 6. The number of ether oxygens (including phenoxy) is 5. The van der Waals surface area contributed by atoms with Gasteiger partial charge < -0.3 is 23.7 Å². The van der Waals surface area contributed by atoms with Crippen LogP contribution in [0.3, 0.4) is 0 Å². The molecule has 2 aromatic carbocycles. The number of rotatable bonds is 11. The van der Waals surface area contributed by atoms with Gasteiger partial charge in [0.1, 0.15) is 11.5 Å². The SMILES string of the molecule is COCCc1c(C(=O)C(F)(F)F)c(OCOC)cc(OCOC)c1-c1ccccc1. The maximum absolute atomic E-state index is 13.5. The van der Waals surface area contributed by atoms with E-state index in [9.17, 15) is 18.0 Å². The van der Waals surface area contributed by atoms with Gasteiger partial charge >= 0.3 is 6.18 Å². The summed E-state index contributed by atoms with van der Waals surface area (Å²) in [5.74, 6) is -2.11.